The van der Waals surface area contributed by atoms with Gasteiger partial charge in [-0.05, 0) is 86.2 Å². The van der Waals surface area contributed by atoms with Gasteiger partial charge in [0, 0.05) is 66.6 Å². The number of nitrogens with one attached hydrogen (secondary N) is 2. The normalized spacial score (nSPS) is 14.1. The van der Waals surface area contributed by atoms with Crippen molar-refractivity contribution in [3.05, 3.63) is 143 Å². The molecule has 2 N–H and O–H groups in total. The third-order valence-corrected chi connectivity index (χ3v) is 12.6. The molecule has 7 rings (SSSR count). The fourth-order valence-electron chi connectivity index (χ4n) is 6.97. The number of nitro groups is 1. The molecule has 14 heteroatoms. The summed E-state index contributed by atoms with van der Waals surface area (Å²) in [7, 11) is -0.299. The zero-order chi connectivity index (χ0) is 39.8. The number of sulfonamides is 1. The summed E-state index contributed by atoms with van der Waals surface area (Å²) in [6.07, 6.45) is 2.05. The van der Waals surface area contributed by atoms with Gasteiger partial charge in [0.25, 0.3) is 15.7 Å². The molecule has 0 radical (unpaired) electrons. The molecule has 12 nitrogen and oxygen atoms in total. The monoisotopic (exact) mass is 802 g/mol. The Balaban J connectivity index is 1.03. The lowest BCUT2D eigenvalue weighted by Crippen LogP contribution is -2.46. The maximum atomic E-state index is 13.7. The van der Waals surface area contributed by atoms with Crippen molar-refractivity contribution in [2.24, 2.45) is 0 Å². The minimum absolute atomic E-state index is 0.0972. The van der Waals surface area contributed by atoms with E-state index in [0.29, 0.717) is 16.7 Å². The van der Waals surface area contributed by atoms with E-state index in [0.717, 1.165) is 62.3 Å². The van der Waals surface area contributed by atoms with Crippen LogP contribution in [0.4, 0.5) is 22.9 Å². The van der Waals surface area contributed by atoms with Gasteiger partial charge in [0.1, 0.15) is 12.0 Å². The van der Waals surface area contributed by atoms with Crippen molar-refractivity contribution < 1.29 is 13.3 Å². The molecule has 5 aromatic carbocycles. The van der Waals surface area contributed by atoms with Crippen molar-refractivity contribution in [1.29, 1.82) is 0 Å². The third-order valence-electron chi connectivity index (χ3n) is 10.0. The Morgan fingerprint density at radius 2 is 1.58 bits per heavy atom. The van der Waals surface area contributed by atoms with Crippen LogP contribution >= 0.6 is 11.8 Å². The molecule has 1 unspecified atom stereocenters. The second-order valence-corrected chi connectivity index (χ2v) is 17.1. The largest absolute Gasteiger partial charge is 0.376 e. The molecule has 0 aliphatic carbocycles. The lowest BCUT2D eigenvalue weighted by atomic mass is 9.99. The molecule has 57 heavy (non-hydrogen) atoms. The van der Waals surface area contributed by atoms with Gasteiger partial charge < -0.3 is 15.1 Å². The molecule has 2 heterocycles. The lowest BCUT2D eigenvalue weighted by Gasteiger charge is -2.36. The van der Waals surface area contributed by atoms with Gasteiger partial charge in [0.15, 0.2) is 5.82 Å². The minimum atomic E-state index is -4.26. The molecule has 1 aliphatic rings. The molecular formula is C43H46N8O4S2. The number of thioether (sulfide) groups is 1. The smallest absolute Gasteiger partial charge is 0.293 e. The summed E-state index contributed by atoms with van der Waals surface area (Å²) < 4.78 is 30.0. The van der Waals surface area contributed by atoms with Crippen LogP contribution in [0.25, 0.3) is 22.0 Å². The summed E-state index contributed by atoms with van der Waals surface area (Å²) in [6.45, 7) is 5.07. The highest BCUT2D eigenvalue weighted by atomic mass is 32.2. The SMILES string of the molecule is CN(C)CCC(CSc1ccccc1)Nc1ccc(S(=O)(=O)Nc2ncnc3cc(N4CCN(Cc5ccccc5-c5ccccc5)CC4)ccc23)cc1[N+](=O)[O-]. The Bertz CT molecular complexity index is 2410. The Kier molecular flexibility index (Phi) is 12.6. The summed E-state index contributed by atoms with van der Waals surface area (Å²) in [6, 6.07) is 38.6. The van der Waals surface area contributed by atoms with Crippen LogP contribution in [0.2, 0.25) is 0 Å². The summed E-state index contributed by atoms with van der Waals surface area (Å²) in [5, 5.41) is 16.2. The van der Waals surface area contributed by atoms with E-state index >= 15 is 0 Å². The van der Waals surface area contributed by atoms with Crippen molar-refractivity contribution in [2.45, 2.75) is 28.8 Å². The van der Waals surface area contributed by atoms with Crippen LogP contribution in [-0.2, 0) is 16.6 Å². The number of rotatable bonds is 16. The Hall–Kier alpha value is -5.54. The van der Waals surface area contributed by atoms with Gasteiger partial charge >= 0.3 is 0 Å². The topological polar surface area (TPSA) is 137 Å². The first kappa shape index (κ1) is 39.7. The van der Waals surface area contributed by atoms with Crippen LogP contribution in [0.5, 0.6) is 0 Å². The predicted molar refractivity (Wildman–Crippen MR) is 231 cm³/mol. The van der Waals surface area contributed by atoms with E-state index in [1.54, 1.807) is 11.8 Å². The average Bonchev–Trinajstić information content (AvgIpc) is 3.22. The van der Waals surface area contributed by atoms with E-state index in [-0.39, 0.29) is 28.1 Å². The van der Waals surface area contributed by atoms with E-state index < -0.39 is 14.9 Å². The summed E-state index contributed by atoms with van der Waals surface area (Å²) in [4.78, 5) is 28.2. The predicted octanol–water partition coefficient (Wildman–Crippen LogP) is 7.85. The molecule has 1 atom stereocenters. The fourth-order valence-corrected chi connectivity index (χ4v) is 9.01. The van der Waals surface area contributed by atoms with E-state index in [9.17, 15) is 18.5 Å². The average molecular weight is 803 g/mol. The number of piperazine rings is 1. The molecule has 0 saturated carbocycles. The number of nitro benzene ring substituents is 1. The van der Waals surface area contributed by atoms with Crippen LogP contribution in [0, 0.1) is 10.1 Å². The van der Waals surface area contributed by atoms with Gasteiger partial charge in [0.2, 0.25) is 0 Å². The molecule has 0 amide bonds. The van der Waals surface area contributed by atoms with Crippen molar-refractivity contribution in [2.75, 3.05) is 67.5 Å². The first-order chi connectivity index (χ1) is 27.6. The number of benzene rings is 5. The van der Waals surface area contributed by atoms with Gasteiger partial charge in [-0.15, -0.1) is 11.8 Å². The first-order valence-electron chi connectivity index (χ1n) is 18.9. The zero-order valence-corrected chi connectivity index (χ0v) is 33.6. The molecule has 0 spiro atoms. The maximum Gasteiger partial charge on any atom is 0.293 e. The number of fused-ring (bicyclic) bond motifs is 1. The Morgan fingerprint density at radius 3 is 2.32 bits per heavy atom. The number of hydrogen-bond acceptors (Lipinski definition) is 11. The van der Waals surface area contributed by atoms with E-state index in [2.05, 4.69) is 83.2 Å². The van der Waals surface area contributed by atoms with Crippen LogP contribution in [0.1, 0.15) is 12.0 Å². The first-order valence-corrected chi connectivity index (χ1v) is 21.4. The molecule has 1 aliphatic heterocycles. The number of nitrogens with zero attached hydrogens (tertiary/aromatic N) is 6. The number of anilines is 3. The van der Waals surface area contributed by atoms with E-state index in [1.165, 1.54) is 35.2 Å². The molecule has 0 bridgehead atoms. The summed E-state index contributed by atoms with van der Waals surface area (Å²) in [5.74, 6) is 0.763. The highest BCUT2D eigenvalue weighted by Crippen LogP contribution is 2.32. The van der Waals surface area contributed by atoms with Crippen LogP contribution in [0.3, 0.4) is 0 Å². The van der Waals surface area contributed by atoms with Crippen LogP contribution in [0.15, 0.2) is 137 Å². The maximum absolute atomic E-state index is 13.7. The Morgan fingerprint density at radius 1 is 0.860 bits per heavy atom. The van der Waals surface area contributed by atoms with Gasteiger partial charge in [-0.2, -0.15) is 0 Å². The van der Waals surface area contributed by atoms with Crippen molar-refractivity contribution in [3.8, 4) is 11.1 Å². The van der Waals surface area contributed by atoms with E-state index in [1.807, 2.05) is 68.7 Å². The fraction of sp³-hybridized carbons (Fsp3) is 0.256. The lowest BCUT2D eigenvalue weighted by molar-refractivity contribution is -0.384. The number of hydrogen-bond donors (Lipinski definition) is 2. The zero-order valence-electron chi connectivity index (χ0n) is 32.0. The quantitative estimate of drug-likeness (QED) is 0.0563. The number of aromatic nitrogens is 2. The van der Waals surface area contributed by atoms with Crippen LogP contribution in [-0.4, -0.2) is 91.7 Å². The highest BCUT2D eigenvalue weighted by molar-refractivity contribution is 7.99. The third kappa shape index (κ3) is 10.1. The molecule has 6 aromatic rings. The Labute approximate surface area is 338 Å². The molecule has 294 valence electrons. The van der Waals surface area contributed by atoms with Gasteiger partial charge in [0.05, 0.1) is 15.3 Å². The highest BCUT2D eigenvalue weighted by Gasteiger charge is 2.25. The molecular weight excluding hydrogens is 757 g/mol. The minimum Gasteiger partial charge on any atom is -0.376 e. The van der Waals surface area contributed by atoms with Crippen molar-refractivity contribution in [3.63, 3.8) is 0 Å². The van der Waals surface area contributed by atoms with E-state index in [4.69, 9.17) is 0 Å². The second-order valence-electron chi connectivity index (χ2n) is 14.3. The van der Waals surface area contributed by atoms with Crippen LogP contribution < -0.4 is 14.9 Å². The van der Waals surface area contributed by atoms with Gasteiger partial charge in [-0.1, -0.05) is 72.8 Å². The molecule has 1 saturated heterocycles. The van der Waals surface area contributed by atoms with Crippen molar-refractivity contribution >= 4 is 55.6 Å². The van der Waals surface area contributed by atoms with Gasteiger partial charge in [-0.25, -0.2) is 18.4 Å². The second kappa shape index (κ2) is 18.2. The summed E-state index contributed by atoms with van der Waals surface area (Å²) in [5.41, 5.74) is 5.28. The summed E-state index contributed by atoms with van der Waals surface area (Å²) >= 11 is 1.66. The standard InChI is InChI=1S/C43H46N8O4S2/c1-48(2)22-21-34(30-56-36-14-7-4-8-15-36)46-40-20-18-37(28-42(40)51(52)53)57(54,55)47-43-39-19-17-35(27-41(39)44-31-45-43)50-25-23-49(24-26-50)29-33-13-9-10-16-38(33)32-11-5-3-6-12-32/h3-20,27-28,31,34,46H,21-26,29-30H2,1-2H3,(H,44,45,47). The molecule has 1 fully saturated rings. The van der Waals surface area contributed by atoms with Crippen molar-refractivity contribution in [1.82, 2.24) is 19.8 Å². The molecule has 1 aromatic heterocycles. The van der Waals surface area contributed by atoms with Gasteiger partial charge in [-0.3, -0.25) is 19.7 Å².